The van der Waals surface area contributed by atoms with Gasteiger partial charge in [-0.3, -0.25) is 4.40 Å². The van der Waals surface area contributed by atoms with Crippen LogP contribution in [0.15, 0.2) is 32.2 Å². The molecule has 3 aromatic rings. The maximum atomic E-state index is 12.6. The molecule has 0 saturated carbocycles. The van der Waals surface area contributed by atoms with Gasteiger partial charge in [0.2, 0.25) is 5.82 Å². The number of imidazole rings is 1. The molecular formula is C13H12F3N5O2S. The topological polar surface area (TPSA) is 85.6 Å². The molecule has 0 aliphatic heterocycles. The molecule has 3 aromatic heterocycles. The molecule has 0 aliphatic carbocycles. The zero-order valence-electron chi connectivity index (χ0n) is 12.8. The highest BCUT2D eigenvalue weighted by molar-refractivity contribution is 7.92. The SMILES string of the molecule is CN=S(C)(=O)c1c(C)nc2ccc(-c3noc(C(F)(F)F)n3)cn12. The van der Waals surface area contributed by atoms with Gasteiger partial charge in [0.15, 0.2) is 0 Å². The number of rotatable bonds is 2. The number of alkyl halides is 3. The number of hydrogen-bond acceptors (Lipinski definition) is 6. The smallest absolute Gasteiger partial charge is 0.329 e. The zero-order chi connectivity index (χ0) is 17.7. The molecule has 128 valence electrons. The molecule has 24 heavy (non-hydrogen) atoms. The number of aromatic nitrogens is 4. The molecule has 0 aromatic carbocycles. The van der Waals surface area contributed by atoms with Gasteiger partial charge < -0.3 is 4.52 Å². The van der Waals surface area contributed by atoms with E-state index in [-0.39, 0.29) is 11.4 Å². The fraction of sp³-hybridized carbons (Fsp3) is 0.308. The van der Waals surface area contributed by atoms with Crippen LogP contribution in [0.1, 0.15) is 11.6 Å². The molecule has 0 radical (unpaired) electrons. The molecule has 3 rings (SSSR count). The minimum absolute atomic E-state index is 0.224. The maximum Gasteiger partial charge on any atom is 0.471 e. The molecule has 0 amide bonds. The van der Waals surface area contributed by atoms with Gasteiger partial charge in [-0.25, -0.2) is 13.6 Å². The Morgan fingerprint density at radius 3 is 2.58 bits per heavy atom. The van der Waals surface area contributed by atoms with Gasteiger partial charge in [-0.2, -0.15) is 18.2 Å². The number of aryl methyl sites for hydroxylation is 1. The van der Waals surface area contributed by atoms with Gasteiger partial charge in [0.1, 0.15) is 10.7 Å². The third kappa shape index (κ3) is 2.64. The van der Waals surface area contributed by atoms with E-state index in [1.165, 1.54) is 30.0 Å². The Labute approximate surface area is 134 Å². The highest BCUT2D eigenvalue weighted by Crippen LogP contribution is 2.30. The monoisotopic (exact) mass is 359 g/mol. The van der Waals surface area contributed by atoms with Crippen molar-refractivity contribution in [3.05, 3.63) is 29.9 Å². The van der Waals surface area contributed by atoms with E-state index >= 15 is 0 Å². The average Bonchev–Trinajstić information content (AvgIpc) is 3.09. The van der Waals surface area contributed by atoms with Gasteiger partial charge in [0.05, 0.1) is 15.4 Å². The Kier molecular flexibility index (Phi) is 3.62. The molecule has 0 fully saturated rings. The molecule has 1 atom stereocenters. The number of hydrogen-bond donors (Lipinski definition) is 0. The highest BCUT2D eigenvalue weighted by atomic mass is 32.2. The Bertz CT molecular complexity index is 1040. The minimum atomic E-state index is -4.72. The molecule has 0 bridgehead atoms. The summed E-state index contributed by atoms with van der Waals surface area (Å²) in [4.78, 5) is 7.63. The summed E-state index contributed by atoms with van der Waals surface area (Å²) in [5.41, 5.74) is 1.28. The van der Waals surface area contributed by atoms with Gasteiger partial charge in [-0.1, -0.05) is 5.16 Å². The summed E-state index contributed by atoms with van der Waals surface area (Å²) in [7, 11) is -1.27. The normalized spacial score (nSPS) is 14.8. The number of fused-ring (bicyclic) bond motifs is 1. The summed E-state index contributed by atoms with van der Waals surface area (Å²) < 4.78 is 60.0. The average molecular weight is 359 g/mol. The molecule has 0 spiro atoms. The lowest BCUT2D eigenvalue weighted by Gasteiger charge is -2.05. The molecule has 1 unspecified atom stereocenters. The van der Waals surface area contributed by atoms with Crippen molar-refractivity contribution in [2.45, 2.75) is 18.1 Å². The van der Waals surface area contributed by atoms with E-state index in [0.29, 0.717) is 16.4 Å². The first-order valence-electron chi connectivity index (χ1n) is 6.64. The first kappa shape index (κ1) is 16.4. The summed E-state index contributed by atoms with van der Waals surface area (Å²) in [6.45, 7) is 1.69. The quantitative estimate of drug-likeness (QED) is 0.702. The lowest BCUT2D eigenvalue weighted by atomic mass is 10.3. The van der Waals surface area contributed by atoms with Gasteiger partial charge in [-0.15, -0.1) is 0 Å². The second-order valence-electron chi connectivity index (χ2n) is 5.05. The molecule has 11 heteroatoms. The summed E-state index contributed by atoms with van der Waals surface area (Å²) >= 11 is 0. The fourth-order valence-electron chi connectivity index (χ4n) is 2.27. The lowest BCUT2D eigenvalue weighted by Crippen LogP contribution is -2.05. The predicted molar refractivity (Wildman–Crippen MR) is 78.9 cm³/mol. The van der Waals surface area contributed by atoms with E-state index in [1.807, 2.05) is 0 Å². The van der Waals surface area contributed by atoms with E-state index in [0.717, 1.165) is 0 Å². The first-order valence-corrected chi connectivity index (χ1v) is 8.56. The van der Waals surface area contributed by atoms with Crippen molar-refractivity contribution in [2.24, 2.45) is 4.36 Å². The van der Waals surface area contributed by atoms with Crippen LogP contribution in [0, 0.1) is 6.92 Å². The molecule has 0 aliphatic rings. The number of halogens is 3. The van der Waals surface area contributed by atoms with Crippen molar-refractivity contribution in [2.75, 3.05) is 13.3 Å². The Hall–Kier alpha value is -2.43. The molecule has 0 N–H and O–H groups in total. The lowest BCUT2D eigenvalue weighted by molar-refractivity contribution is -0.159. The van der Waals surface area contributed by atoms with E-state index in [1.54, 1.807) is 13.0 Å². The van der Waals surface area contributed by atoms with Crippen LogP contribution in [-0.4, -0.2) is 37.0 Å². The second kappa shape index (κ2) is 5.30. The van der Waals surface area contributed by atoms with E-state index in [9.17, 15) is 17.4 Å². The van der Waals surface area contributed by atoms with E-state index in [2.05, 4.69) is 24.0 Å². The number of nitrogens with zero attached hydrogens (tertiary/aromatic N) is 5. The van der Waals surface area contributed by atoms with Crippen LogP contribution in [-0.2, 0) is 15.9 Å². The summed E-state index contributed by atoms with van der Waals surface area (Å²) in [5.74, 6) is -1.65. The van der Waals surface area contributed by atoms with Crippen LogP contribution in [0.4, 0.5) is 13.2 Å². The summed E-state index contributed by atoms with van der Waals surface area (Å²) in [6.07, 6.45) is -1.79. The molecule has 3 heterocycles. The predicted octanol–water partition coefficient (Wildman–Crippen LogP) is 2.80. The maximum absolute atomic E-state index is 12.6. The van der Waals surface area contributed by atoms with Crippen LogP contribution in [0.5, 0.6) is 0 Å². The van der Waals surface area contributed by atoms with Gasteiger partial charge in [-0.05, 0) is 19.1 Å². The second-order valence-corrected chi connectivity index (χ2v) is 7.41. The summed E-state index contributed by atoms with van der Waals surface area (Å²) in [6, 6.07) is 3.08. The number of pyridine rings is 1. The highest BCUT2D eigenvalue weighted by Gasteiger charge is 2.38. The van der Waals surface area contributed by atoms with Crippen LogP contribution >= 0.6 is 0 Å². The Balaban J connectivity index is 2.20. The van der Waals surface area contributed by atoms with E-state index < -0.39 is 21.8 Å². The van der Waals surface area contributed by atoms with Crippen LogP contribution in [0.3, 0.4) is 0 Å². The van der Waals surface area contributed by atoms with Crippen LogP contribution < -0.4 is 0 Å². The Morgan fingerprint density at radius 2 is 2.00 bits per heavy atom. The van der Waals surface area contributed by atoms with Crippen LogP contribution in [0.25, 0.3) is 17.0 Å². The zero-order valence-corrected chi connectivity index (χ0v) is 13.6. The van der Waals surface area contributed by atoms with Crippen molar-refractivity contribution in [3.8, 4) is 11.4 Å². The van der Waals surface area contributed by atoms with Gasteiger partial charge in [0, 0.05) is 25.1 Å². The Morgan fingerprint density at radius 1 is 1.29 bits per heavy atom. The van der Waals surface area contributed by atoms with E-state index in [4.69, 9.17) is 0 Å². The van der Waals surface area contributed by atoms with Crippen molar-refractivity contribution in [1.82, 2.24) is 19.5 Å². The van der Waals surface area contributed by atoms with Gasteiger partial charge in [0.25, 0.3) is 0 Å². The fourth-order valence-corrected chi connectivity index (χ4v) is 3.55. The minimum Gasteiger partial charge on any atom is -0.329 e. The molecular weight excluding hydrogens is 347 g/mol. The standard InChI is InChI=1S/C13H12F3N5O2S/c1-7-11(24(3,22)17-2)21-6-8(4-5-9(21)18-7)10-19-12(23-20-10)13(14,15)16/h4-6H,1-3H3. The van der Waals surface area contributed by atoms with Crippen molar-refractivity contribution in [1.29, 1.82) is 0 Å². The van der Waals surface area contributed by atoms with Crippen molar-refractivity contribution >= 4 is 15.4 Å². The van der Waals surface area contributed by atoms with Crippen molar-refractivity contribution < 1.29 is 21.9 Å². The largest absolute Gasteiger partial charge is 0.471 e. The van der Waals surface area contributed by atoms with Crippen LogP contribution in [0.2, 0.25) is 0 Å². The first-order chi connectivity index (χ1) is 11.1. The molecule has 0 saturated heterocycles. The van der Waals surface area contributed by atoms with Gasteiger partial charge >= 0.3 is 12.1 Å². The third-order valence-electron chi connectivity index (χ3n) is 3.37. The van der Waals surface area contributed by atoms with Crippen molar-refractivity contribution in [3.63, 3.8) is 0 Å². The third-order valence-corrected chi connectivity index (χ3v) is 5.28. The summed E-state index contributed by atoms with van der Waals surface area (Å²) in [5, 5.41) is 3.72. The molecule has 7 nitrogen and oxygen atoms in total.